The van der Waals surface area contributed by atoms with Gasteiger partial charge in [0.25, 0.3) is 0 Å². The molecule has 0 radical (unpaired) electrons. The van der Waals surface area contributed by atoms with Crippen molar-refractivity contribution < 1.29 is 14.4 Å². The summed E-state index contributed by atoms with van der Waals surface area (Å²) in [5, 5.41) is 3.75. The van der Waals surface area contributed by atoms with Gasteiger partial charge in [0.2, 0.25) is 0 Å². The second-order valence-electron chi connectivity index (χ2n) is 7.70. The van der Waals surface area contributed by atoms with Crippen molar-refractivity contribution in [2.45, 2.75) is 33.0 Å². The number of amides is 2. The highest BCUT2D eigenvalue weighted by Gasteiger charge is 2.21. The lowest BCUT2D eigenvalue weighted by Gasteiger charge is -2.28. The molecule has 1 aromatic heterocycles. The van der Waals surface area contributed by atoms with Crippen molar-refractivity contribution in [1.29, 1.82) is 0 Å². The lowest BCUT2D eigenvalue weighted by molar-refractivity contribution is -0.907. The Kier molecular flexibility index (Phi) is 7.91. The number of hydrogen-bond donors (Lipinski definition) is 2. The average molecular weight is 421 g/mol. The van der Waals surface area contributed by atoms with Crippen LogP contribution < -0.4 is 10.2 Å². The van der Waals surface area contributed by atoms with E-state index in [2.05, 4.69) is 14.9 Å². The number of nitrogens with one attached hydrogen (secondary N) is 2. The van der Waals surface area contributed by atoms with Crippen molar-refractivity contribution >= 4 is 17.6 Å². The van der Waals surface area contributed by atoms with E-state index < -0.39 is 0 Å². The summed E-state index contributed by atoms with van der Waals surface area (Å²) in [6.45, 7) is 10.2. The number of urea groups is 1. The molecular formula is C21H31ClN5O2+. The third-order valence-electron chi connectivity index (χ3n) is 5.07. The number of rotatable bonds is 8. The molecular weight excluding hydrogens is 390 g/mol. The summed E-state index contributed by atoms with van der Waals surface area (Å²) in [6, 6.07) is 7.83. The SMILES string of the molecule is CC(C)NC(=O)N(CC[NH+]1CCOCC1)Cc1nccn1Cc1ccccc1Cl. The highest BCUT2D eigenvalue weighted by atomic mass is 35.5. The fourth-order valence-corrected chi connectivity index (χ4v) is 3.61. The first kappa shape index (κ1) is 21.6. The normalized spacial score (nSPS) is 14.9. The van der Waals surface area contributed by atoms with Crippen LogP contribution in [-0.2, 0) is 17.8 Å². The van der Waals surface area contributed by atoms with Crippen LogP contribution >= 0.6 is 11.6 Å². The minimum absolute atomic E-state index is 0.0556. The van der Waals surface area contributed by atoms with Crippen LogP contribution in [-0.4, -0.2) is 65.9 Å². The van der Waals surface area contributed by atoms with Gasteiger partial charge in [-0.15, -0.1) is 0 Å². The Labute approximate surface area is 177 Å². The maximum Gasteiger partial charge on any atom is 0.318 e. The van der Waals surface area contributed by atoms with Gasteiger partial charge in [0.15, 0.2) is 0 Å². The van der Waals surface area contributed by atoms with Gasteiger partial charge in [0.1, 0.15) is 18.9 Å². The maximum atomic E-state index is 12.8. The number of hydrogen-bond acceptors (Lipinski definition) is 3. The van der Waals surface area contributed by atoms with Crippen LogP contribution in [0.5, 0.6) is 0 Å². The summed E-state index contributed by atoms with van der Waals surface area (Å²) >= 11 is 6.32. The van der Waals surface area contributed by atoms with Crippen molar-refractivity contribution in [2.24, 2.45) is 0 Å². The fraction of sp³-hybridized carbons (Fsp3) is 0.524. The summed E-state index contributed by atoms with van der Waals surface area (Å²) in [5.74, 6) is 0.848. The number of morpholine rings is 1. The minimum Gasteiger partial charge on any atom is -0.370 e. The van der Waals surface area contributed by atoms with Crippen LogP contribution in [0, 0.1) is 0 Å². The van der Waals surface area contributed by atoms with Gasteiger partial charge >= 0.3 is 6.03 Å². The monoisotopic (exact) mass is 420 g/mol. The van der Waals surface area contributed by atoms with Crippen molar-refractivity contribution in [1.82, 2.24) is 19.8 Å². The molecule has 1 saturated heterocycles. The Hall–Kier alpha value is -2.09. The molecule has 0 aliphatic carbocycles. The highest BCUT2D eigenvalue weighted by Crippen LogP contribution is 2.17. The van der Waals surface area contributed by atoms with Gasteiger partial charge in [-0.3, -0.25) is 0 Å². The molecule has 7 nitrogen and oxygen atoms in total. The molecule has 0 bridgehead atoms. The van der Waals surface area contributed by atoms with E-state index in [1.807, 2.05) is 49.2 Å². The number of quaternary nitrogens is 1. The molecule has 1 fully saturated rings. The Bertz CT molecular complexity index is 789. The predicted octanol–water partition coefficient (Wildman–Crippen LogP) is 1.42. The van der Waals surface area contributed by atoms with Gasteiger partial charge in [0.05, 0.1) is 39.4 Å². The molecule has 29 heavy (non-hydrogen) atoms. The van der Waals surface area contributed by atoms with Crippen LogP contribution in [0.1, 0.15) is 25.2 Å². The third kappa shape index (κ3) is 6.45. The summed E-state index contributed by atoms with van der Waals surface area (Å²) in [6.07, 6.45) is 3.71. The molecule has 158 valence electrons. The minimum atomic E-state index is -0.0556. The van der Waals surface area contributed by atoms with E-state index in [-0.39, 0.29) is 12.1 Å². The van der Waals surface area contributed by atoms with E-state index in [0.717, 1.165) is 49.3 Å². The number of carbonyl (C=O) groups excluding carboxylic acids is 1. The molecule has 2 amide bonds. The van der Waals surface area contributed by atoms with Crippen molar-refractivity contribution in [3.05, 3.63) is 53.1 Å². The summed E-state index contributed by atoms with van der Waals surface area (Å²) in [4.78, 5) is 20.6. The second kappa shape index (κ2) is 10.6. The predicted molar refractivity (Wildman–Crippen MR) is 113 cm³/mol. The van der Waals surface area contributed by atoms with Crippen LogP contribution in [0.2, 0.25) is 5.02 Å². The molecule has 1 aliphatic rings. The zero-order chi connectivity index (χ0) is 20.6. The molecule has 1 aromatic carbocycles. The largest absolute Gasteiger partial charge is 0.370 e. The summed E-state index contributed by atoms with van der Waals surface area (Å²) < 4.78 is 7.49. The van der Waals surface area contributed by atoms with Gasteiger partial charge in [-0.2, -0.15) is 0 Å². The molecule has 2 aromatic rings. The second-order valence-corrected chi connectivity index (χ2v) is 8.11. The van der Waals surface area contributed by atoms with E-state index in [1.54, 1.807) is 6.20 Å². The van der Waals surface area contributed by atoms with Crippen LogP contribution in [0.15, 0.2) is 36.7 Å². The molecule has 1 aliphatic heterocycles. The Morgan fingerprint density at radius 1 is 1.34 bits per heavy atom. The number of aromatic nitrogens is 2. The molecule has 2 N–H and O–H groups in total. The quantitative estimate of drug-likeness (QED) is 0.679. The zero-order valence-corrected chi connectivity index (χ0v) is 18.0. The van der Waals surface area contributed by atoms with Crippen LogP contribution in [0.4, 0.5) is 4.79 Å². The first-order valence-electron chi connectivity index (χ1n) is 10.2. The summed E-state index contributed by atoms with van der Waals surface area (Å²) in [7, 11) is 0. The van der Waals surface area contributed by atoms with Gasteiger partial charge in [-0.25, -0.2) is 9.78 Å². The van der Waals surface area contributed by atoms with E-state index >= 15 is 0 Å². The van der Waals surface area contributed by atoms with E-state index in [0.29, 0.717) is 19.6 Å². The van der Waals surface area contributed by atoms with E-state index in [4.69, 9.17) is 16.3 Å². The third-order valence-corrected chi connectivity index (χ3v) is 5.44. The van der Waals surface area contributed by atoms with Crippen molar-refractivity contribution in [3.63, 3.8) is 0 Å². The molecule has 0 spiro atoms. The molecule has 8 heteroatoms. The Morgan fingerprint density at radius 3 is 2.83 bits per heavy atom. The molecule has 0 unspecified atom stereocenters. The van der Waals surface area contributed by atoms with Gasteiger partial charge in [0, 0.05) is 23.5 Å². The molecule has 2 heterocycles. The topological polar surface area (TPSA) is 63.8 Å². The maximum absolute atomic E-state index is 12.8. The smallest absolute Gasteiger partial charge is 0.318 e. The highest BCUT2D eigenvalue weighted by molar-refractivity contribution is 6.31. The Balaban J connectivity index is 1.69. The lowest BCUT2D eigenvalue weighted by Crippen LogP contribution is -3.14. The van der Waals surface area contributed by atoms with Crippen LogP contribution in [0.25, 0.3) is 0 Å². The molecule has 0 atom stereocenters. The number of halogens is 1. The van der Waals surface area contributed by atoms with Gasteiger partial charge in [-0.1, -0.05) is 29.8 Å². The first-order valence-corrected chi connectivity index (χ1v) is 10.6. The average Bonchev–Trinajstić information content (AvgIpc) is 3.14. The van der Waals surface area contributed by atoms with E-state index in [1.165, 1.54) is 4.90 Å². The van der Waals surface area contributed by atoms with Gasteiger partial charge in [-0.05, 0) is 25.5 Å². The number of ether oxygens (including phenoxy) is 1. The fourth-order valence-electron chi connectivity index (χ4n) is 3.41. The van der Waals surface area contributed by atoms with Crippen LogP contribution in [0.3, 0.4) is 0 Å². The first-order chi connectivity index (χ1) is 14.0. The standard InChI is InChI=1S/C21H30ClN5O2/c1-17(2)24-21(28)27(10-9-25-11-13-29-14-12-25)16-20-23-7-8-26(20)15-18-5-3-4-6-19(18)22/h3-8,17H,9-16H2,1-2H3,(H,24,28)/p+1. The van der Waals surface area contributed by atoms with Gasteiger partial charge < -0.3 is 24.4 Å². The number of carbonyl (C=O) groups is 1. The number of nitrogens with zero attached hydrogens (tertiary/aromatic N) is 3. The van der Waals surface area contributed by atoms with Crippen molar-refractivity contribution in [3.8, 4) is 0 Å². The van der Waals surface area contributed by atoms with Crippen molar-refractivity contribution in [2.75, 3.05) is 39.4 Å². The number of imidazole rings is 1. The lowest BCUT2D eigenvalue weighted by atomic mass is 10.2. The Morgan fingerprint density at radius 2 is 2.10 bits per heavy atom. The molecule has 3 rings (SSSR count). The zero-order valence-electron chi connectivity index (χ0n) is 17.2. The number of benzene rings is 1. The summed E-state index contributed by atoms with van der Waals surface area (Å²) in [5.41, 5.74) is 1.03. The molecule has 0 saturated carbocycles. The van der Waals surface area contributed by atoms with E-state index in [9.17, 15) is 4.79 Å².